The van der Waals surface area contributed by atoms with Crippen molar-refractivity contribution in [3.8, 4) is 0 Å². The van der Waals surface area contributed by atoms with Crippen molar-refractivity contribution in [2.45, 2.75) is 123 Å². The van der Waals surface area contributed by atoms with E-state index in [9.17, 15) is 0 Å². The van der Waals surface area contributed by atoms with E-state index in [4.69, 9.17) is 0 Å². The maximum absolute atomic E-state index is 2.63. The first kappa shape index (κ1) is 21.0. The molecule has 0 aromatic rings. The van der Waals surface area contributed by atoms with Crippen LogP contribution in [0, 0.1) is 23.7 Å². The monoisotopic (exact) mass is 346 g/mol. The normalized spacial score (nSPS) is 30.8. The van der Waals surface area contributed by atoms with Crippen molar-refractivity contribution >= 4 is 0 Å². The predicted octanol–water partition coefficient (Wildman–Crippen LogP) is 8.71. The fraction of sp³-hybridized carbons (Fsp3) is 0.920. The Kier molecular flexibility index (Phi) is 10.9. The molecule has 0 heterocycles. The van der Waals surface area contributed by atoms with E-state index in [0.29, 0.717) is 0 Å². The molecule has 0 nitrogen and oxygen atoms in total. The molecule has 0 unspecified atom stereocenters. The molecule has 0 bridgehead atoms. The van der Waals surface area contributed by atoms with Gasteiger partial charge < -0.3 is 0 Å². The Labute approximate surface area is 159 Å². The molecule has 0 atom stereocenters. The molecule has 2 fully saturated rings. The van der Waals surface area contributed by atoms with E-state index >= 15 is 0 Å². The first-order valence-corrected chi connectivity index (χ1v) is 12.0. The maximum atomic E-state index is 2.63. The Morgan fingerprint density at radius 2 is 0.960 bits per heavy atom. The van der Waals surface area contributed by atoms with Crippen LogP contribution in [0.15, 0.2) is 12.2 Å². The summed E-state index contributed by atoms with van der Waals surface area (Å²) in [5.41, 5.74) is 0. The van der Waals surface area contributed by atoms with Gasteiger partial charge in [-0.3, -0.25) is 0 Å². The molecular formula is C25H46. The van der Waals surface area contributed by atoms with E-state index < -0.39 is 0 Å². The molecule has 0 aromatic carbocycles. The summed E-state index contributed by atoms with van der Waals surface area (Å²) in [5, 5.41) is 0. The Morgan fingerprint density at radius 1 is 0.520 bits per heavy atom. The minimum Gasteiger partial charge on any atom is -0.0851 e. The summed E-state index contributed by atoms with van der Waals surface area (Å²) in [4.78, 5) is 0. The SMILES string of the molecule is CCCCCCCC1CCC(C=CC2CCC(CCCC)CC2)CC1. The highest BCUT2D eigenvalue weighted by Crippen LogP contribution is 2.35. The van der Waals surface area contributed by atoms with Crippen molar-refractivity contribution in [2.75, 3.05) is 0 Å². The number of rotatable bonds is 11. The quantitative estimate of drug-likeness (QED) is 0.259. The third-order valence-corrected chi connectivity index (χ3v) is 7.12. The summed E-state index contributed by atoms with van der Waals surface area (Å²) in [6, 6.07) is 0. The van der Waals surface area contributed by atoms with Crippen molar-refractivity contribution in [1.29, 1.82) is 0 Å². The molecule has 2 rings (SSSR count). The molecule has 25 heavy (non-hydrogen) atoms. The number of hydrogen-bond donors (Lipinski definition) is 0. The highest BCUT2D eigenvalue weighted by atomic mass is 14.3. The van der Waals surface area contributed by atoms with E-state index in [0.717, 1.165) is 23.7 Å². The van der Waals surface area contributed by atoms with Crippen LogP contribution in [0.3, 0.4) is 0 Å². The van der Waals surface area contributed by atoms with Crippen LogP contribution in [0.25, 0.3) is 0 Å². The molecule has 0 amide bonds. The van der Waals surface area contributed by atoms with Crippen molar-refractivity contribution in [2.24, 2.45) is 23.7 Å². The molecular weight excluding hydrogens is 300 g/mol. The van der Waals surface area contributed by atoms with Crippen LogP contribution in [0.4, 0.5) is 0 Å². The molecule has 0 aromatic heterocycles. The Bertz CT molecular complexity index is 326. The lowest BCUT2D eigenvalue weighted by Crippen LogP contribution is -2.15. The minimum absolute atomic E-state index is 0.911. The first-order valence-electron chi connectivity index (χ1n) is 12.0. The van der Waals surface area contributed by atoms with Crippen LogP contribution in [0.1, 0.15) is 123 Å². The highest BCUT2D eigenvalue weighted by molar-refractivity contribution is 4.96. The summed E-state index contributed by atoms with van der Waals surface area (Å²) in [6.07, 6.45) is 30.3. The minimum atomic E-state index is 0.911. The second kappa shape index (κ2) is 13.0. The van der Waals surface area contributed by atoms with Gasteiger partial charge in [0.15, 0.2) is 0 Å². The summed E-state index contributed by atoms with van der Waals surface area (Å²) in [6.45, 7) is 4.64. The largest absolute Gasteiger partial charge is 0.0851 e. The van der Waals surface area contributed by atoms with Crippen molar-refractivity contribution in [1.82, 2.24) is 0 Å². The summed E-state index contributed by atoms with van der Waals surface area (Å²) in [7, 11) is 0. The molecule has 146 valence electrons. The number of allylic oxidation sites excluding steroid dienone is 2. The second-order valence-electron chi connectivity index (χ2n) is 9.29. The lowest BCUT2D eigenvalue weighted by atomic mass is 9.77. The maximum Gasteiger partial charge on any atom is -0.0233 e. The molecule has 0 spiro atoms. The van der Waals surface area contributed by atoms with E-state index in [1.165, 1.54) is 109 Å². The van der Waals surface area contributed by atoms with Crippen LogP contribution in [0.5, 0.6) is 0 Å². The number of unbranched alkanes of at least 4 members (excludes halogenated alkanes) is 5. The van der Waals surface area contributed by atoms with Gasteiger partial charge in [-0.05, 0) is 75.0 Å². The molecule has 2 saturated carbocycles. The Morgan fingerprint density at radius 3 is 1.44 bits per heavy atom. The predicted molar refractivity (Wildman–Crippen MR) is 113 cm³/mol. The fourth-order valence-electron chi connectivity index (χ4n) is 5.18. The summed E-state index contributed by atoms with van der Waals surface area (Å²) < 4.78 is 0. The zero-order valence-corrected chi connectivity index (χ0v) is 17.5. The molecule has 0 N–H and O–H groups in total. The molecule has 2 aliphatic carbocycles. The third-order valence-electron chi connectivity index (χ3n) is 7.12. The van der Waals surface area contributed by atoms with E-state index in [1.807, 2.05) is 0 Å². The standard InChI is InChI=1S/C25H46/c1-3-5-7-8-9-11-23-14-18-25(19-15-23)21-20-24-16-12-22(13-17-24)10-6-4-2/h20-25H,3-19H2,1-2H3. The van der Waals surface area contributed by atoms with Gasteiger partial charge in [0, 0.05) is 0 Å². The van der Waals surface area contributed by atoms with Crippen LogP contribution in [-0.4, -0.2) is 0 Å². The van der Waals surface area contributed by atoms with Crippen LogP contribution < -0.4 is 0 Å². The topological polar surface area (TPSA) is 0 Å². The first-order chi connectivity index (χ1) is 12.3. The van der Waals surface area contributed by atoms with Crippen LogP contribution >= 0.6 is 0 Å². The number of hydrogen-bond acceptors (Lipinski definition) is 0. The summed E-state index contributed by atoms with van der Waals surface area (Å²) in [5.74, 6) is 3.93. The zero-order valence-electron chi connectivity index (χ0n) is 17.5. The van der Waals surface area contributed by atoms with Gasteiger partial charge >= 0.3 is 0 Å². The van der Waals surface area contributed by atoms with Gasteiger partial charge in [-0.15, -0.1) is 0 Å². The lowest BCUT2D eigenvalue weighted by Gasteiger charge is -2.29. The van der Waals surface area contributed by atoms with Gasteiger partial charge in [-0.1, -0.05) is 83.8 Å². The molecule has 0 saturated heterocycles. The lowest BCUT2D eigenvalue weighted by molar-refractivity contribution is 0.280. The van der Waals surface area contributed by atoms with Crippen molar-refractivity contribution in [3.63, 3.8) is 0 Å². The Hall–Kier alpha value is -0.260. The van der Waals surface area contributed by atoms with Crippen LogP contribution in [-0.2, 0) is 0 Å². The molecule has 2 aliphatic rings. The zero-order chi connectivity index (χ0) is 17.7. The molecule has 0 aliphatic heterocycles. The van der Waals surface area contributed by atoms with Gasteiger partial charge in [-0.2, -0.15) is 0 Å². The Balaban J connectivity index is 1.53. The third kappa shape index (κ3) is 8.78. The van der Waals surface area contributed by atoms with Gasteiger partial charge in [0.2, 0.25) is 0 Å². The average molecular weight is 347 g/mol. The average Bonchev–Trinajstić information content (AvgIpc) is 2.66. The van der Waals surface area contributed by atoms with Crippen LogP contribution in [0.2, 0.25) is 0 Å². The fourth-order valence-corrected chi connectivity index (χ4v) is 5.18. The van der Waals surface area contributed by atoms with E-state index in [-0.39, 0.29) is 0 Å². The van der Waals surface area contributed by atoms with Gasteiger partial charge in [0.1, 0.15) is 0 Å². The van der Waals surface area contributed by atoms with E-state index in [1.54, 1.807) is 0 Å². The summed E-state index contributed by atoms with van der Waals surface area (Å²) >= 11 is 0. The molecule has 0 heteroatoms. The highest BCUT2D eigenvalue weighted by Gasteiger charge is 2.21. The van der Waals surface area contributed by atoms with Gasteiger partial charge in [-0.25, -0.2) is 0 Å². The van der Waals surface area contributed by atoms with Gasteiger partial charge in [0.05, 0.1) is 0 Å². The second-order valence-corrected chi connectivity index (χ2v) is 9.29. The van der Waals surface area contributed by atoms with Gasteiger partial charge in [0.25, 0.3) is 0 Å². The van der Waals surface area contributed by atoms with Crippen molar-refractivity contribution in [3.05, 3.63) is 12.2 Å². The van der Waals surface area contributed by atoms with Crippen molar-refractivity contribution < 1.29 is 0 Å². The molecule has 0 radical (unpaired) electrons. The smallest absolute Gasteiger partial charge is 0.0233 e. The van der Waals surface area contributed by atoms with E-state index in [2.05, 4.69) is 26.0 Å².